The Morgan fingerprint density at radius 2 is 2.03 bits per heavy atom. The molecule has 1 aliphatic rings. The number of amides is 2. The summed E-state index contributed by atoms with van der Waals surface area (Å²) >= 11 is 2.58. The number of aliphatic imine (C=N–C) groups is 1. The van der Waals surface area contributed by atoms with Crippen molar-refractivity contribution in [2.45, 2.75) is 11.7 Å². The molecule has 1 fully saturated rings. The normalized spacial score (nSPS) is 17.1. The van der Waals surface area contributed by atoms with Crippen LogP contribution in [0.5, 0.6) is 0 Å². The van der Waals surface area contributed by atoms with Crippen molar-refractivity contribution in [3.63, 3.8) is 0 Å². The molecule has 32 heavy (non-hydrogen) atoms. The summed E-state index contributed by atoms with van der Waals surface area (Å²) in [5, 5.41) is 13.9. The number of aromatic nitrogens is 1. The highest BCUT2D eigenvalue weighted by molar-refractivity contribution is 8.15. The maximum Gasteiger partial charge on any atom is 0.292 e. The molecule has 1 unspecified atom stereocenters. The number of amidine groups is 1. The Labute approximate surface area is 191 Å². The Morgan fingerprint density at radius 1 is 1.28 bits per heavy atom. The third-order valence-corrected chi connectivity index (χ3v) is 6.66. The number of hydrogen-bond acceptors (Lipinski definition) is 8. The van der Waals surface area contributed by atoms with Crippen LogP contribution in [0.2, 0.25) is 0 Å². The number of hydrogen-bond donors (Lipinski definition) is 1. The van der Waals surface area contributed by atoms with E-state index in [-0.39, 0.29) is 30.2 Å². The van der Waals surface area contributed by atoms with Gasteiger partial charge in [0.25, 0.3) is 5.69 Å². The van der Waals surface area contributed by atoms with E-state index in [0.29, 0.717) is 10.3 Å². The van der Waals surface area contributed by atoms with Crippen molar-refractivity contribution in [2.75, 3.05) is 11.9 Å². The Balaban J connectivity index is 1.52. The van der Waals surface area contributed by atoms with Gasteiger partial charge in [-0.2, -0.15) is 4.99 Å². The predicted octanol–water partition coefficient (Wildman–Crippen LogP) is 4.35. The summed E-state index contributed by atoms with van der Waals surface area (Å²) in [4.78, 5) is 46.5. The van der Waals surface area contributed by atoms with E-state index in [1.807, 2.05) is 24.3 Å². The largest absolute Gasteiger partial charge is 0.320 e. The third-order valence-electron chi connectivity index (χ3n) is 4.55. The minimum absolute atomic E-state index is 0.0873. The molecule has 2 heterocycles. The van der Waals surface area contributed by atoms with E-state index in [9.17, 15) is 19.7 Å². The lowest BCUT2D eigenvalue weighted by Crippen LogP contribution is -2.33. The molecule has 4 rings (SSSR count). The number of rotatable bonds is 7. The monoisotopic (exact) mass is 467 g/mol. The average molecular weight is 468 g/mol. The molecule has 11 heteroatoms. The summed E-state index contributed by atoms with van der Waals surface area (Å²) in [6, 6.07) is 13.5. The van der Waals surface area contributed by atoms with E-state index in [0.717, 1.165) is 10.2 Å². The molecule has 162 valence electrons. The second-order valence-corrected chi connectivity index (χ2v) is 8.91. The van der Waals surface area contributed by atoms with Gasteiger partial charge in [0.15, 0.2) is 5.17 Å². The second-order valence-electron chi connectivity index (χ2n) is 6.73. The van der Waals surface area contributed by atoms with Gasteiger partial charge in [0.2, 0.25) is 16.9 Å². The van der Waals surface area contributed by atoms with Gasteiger partial charge in [-0.3, -0.25) is 24.6 Å². The zero-order chi connectivity index (χ0) is 22.7. The highest BCUT2D eigenvalue weighted by atomic mass is 32.2. The molecule has 2 amide bonds. The second kappa shape index (κ2) is 9.28. The van der Waals surface area contributed by atoms with Gasteiger partial charge in [-0.1, -0.05) is 53.4 Å². The minimum atomic E-state index is -0.703. The van der Waals surface area contributed by atoms with Gasteiger partial charge in [0.05, 0.1) is 15.1 Å². The van der Waals surface area contributed by atoms with Crippen molar-refractivity contribution in [3.8, 4) is 0 Å². The van der Waals surface area contributed by atoms with Crippen LogP contribution in [0, 0.1) is 10.1 Å². The number of carbonyl (C=O) groups excluding carboxylic acids is 2. The van der Waals surface area contributed by atoms with Crippen molar-refractivity contribution in [2.24, 2.45) is 4.99 Å². The van der Waals surface area contributed by atoms with Gasteiger partial charge >= 0.3 is 0 Å². The molecular weight excluding hydrogens is 450 g/mol. The molecule has 0 radical (unpaired) electrons. The van der Waals surface area contributed by atoms with E-state index in [1.165, 1.54) is 46.2 Å². The fraction of sp³-hybridized carbons (Fsp3) is 0.143. The fourth-order valence-electron chi connectivity index (χ4n) is 3.12. The molecule has 0 spiro atoms. The third kappa shape index (κ3) is 4.53. The van der Waals surface area contributed by atoms with Crippen molar-refractivity contribution in [1.82, 2.24) is 9.88 Å². The number of para-hydroxylation sites is 3. The van der Waals surface area contributed by atoms with Crippen LogP contribution in [0.25, 0.3) is 10.2 Å². The first-order valence-corrected chi connectivity index (χ1v) is 11.2. The lowest BCUT2D eigenvalue weighted by atomic mass is 10.2. The molecule has 0 bridgehead atoms. The van der Waals surface area contributed by atoms with E-state index < -0.39 is 16.1 Å². The van der Waals surface area contributed by atoms with Gasteiger partial charge < -0.3 is 5.32 Å². The van der Waals surface area contributed by atoms with Crippen molar-refractivity contribution in [1.29, 1.82) is 0 Å². The Bertz CT molecular complexity index is 1220. The van der Waals surface area contributed by atoms with Gasteiger partial charge in [0.1, 0.15) is 10.9 Å². The molecule has 1 N–H and O–H groups in total. The fourth-order valence-corrected chi connectivity index (χ4v) is 5.16. The van der Waals surface area contributed by atoms with Crippen LogP contribution in [0.1, 0.15) is 6.42 Å². The molecule has 1 aliphatic heterocycles. The first-order valence-electron chi connectivity index (χ1n) is 9.52. The molecule has 3 aromatic rings. The van der Waals surface area contributed by atoms with Crippen LogP contribution < -0.4 is 5.32 Å². The quantitative estimate of drug-likeness (QED) is 0.314. The minimum Gasteiger partial charge on any atom is -0.320 e. The van der Waals surface area contributed by atoms with Crippen molar-refractivity contribution in [3.05, 3.63) is 71.3 Å². The Morgan fingerprint density at radius 3 is 2.78 bits per heavy atom. The Kier molecular flexibility index (Phi) is 6.28. The number of benzene rings is 2. The van der Waals surface area contributed by atoms with Crippen LogP contribution >= 0.6 is 23.1 Å². The zero-order valence-electron chi connectivity index (χ0n) is 16.6. The highest BCUT2D eigenvalue weighted by Gasteiger charge is 2.39. The van der Waals surface area contributed by atoms with E-state index in [1.54, 1.807) is 12.1 Å². The number of nitro benzene ring substituents is 1. The standard InChI is InChI=1S/C21H17N5O4S2/c1-2-11-25-19(28)17(12-18(27)22-13-7-3-5-9-15(13)26(29)30)32-21(25)24-20-23-14-8-4-6-10-16(14)31-20/h2-10,17H,1,11-12H2,(H,22,27). The van der Waals surface area contributed by atoms with Gasteiger partial charge in [-0.25, -0.2) is 4.98 Å². The smallest absolute Gasteiger partial charge is 0.292 e. The van der Waals surface area contributed by atoms with E-state index >= 15 is 0 Å². The molecule has 9 nitrogen and oxygen atoms in total. The summed E-state index contributed by atoms with van der Waals surface area (Å²) < 4.78 is 0.983. The number of thiazole rings is 1. The number of nitrogens with zero attached hydrogens (tertiary/aromatic N) is 4. The van der Waals surface area contributed by atoms with Crippen molar-refractivity contribution >= 4 is 66.8 Å². The van der Waals surface area contributed by atoms with Crippen LogP contribution in [0.15, 0.2) is 66.2 Å². The summed E-state index contributed by atoms with van der Waals surface area (Å²) in [7, 11) is 0. The average Bonchev–Trinajstić information content (AvgIpc) is 3.30. The lowest BCUT2D eigenvalue weighted by molar-refractivity contribution is -0.383. The van der Waals surface area contributed by atoms with Crippen LogP contribution in [-0.2, 0) is 9.59 Å². The first kappa shape index (κ1) is 21.7. The topological polar surface area (TPSA) is 118 Å². The molecular formula is C21H17N5O4S2. The van der Waals surface area contributed by atoms with Crippen LogP contribution in [0.4, 0.5) is 16.5 Å². The molecule has 2 aromatic carbocycles. The van der Waals surface area contributed by atoms with Gasteiger partial charge in [-0.15, -0.1) is 6.58 Å². The van der Waals surface area contributed by atoms with E-state index in [2.05, 4.69) is 21.9 Å². The highest BCUT2D eigenvalue weighted by Crippen LogP contribution is 2.34. The number of fused-ring (bicyclic) bond motifs is 1. The van der Waals surface area contributed by atoms with Crippen LogP contribution in [-0.4, -0.2) is 43.6 Å². The first-order chi connectivity index (χ1) is 15.5. The molecule has 1 saturated heterocycles. The summed E-state index contributed by atoms with van der Waals surface area (Å²) in [6.07, 6.45) is 1.43. The molecule has 1 atom stereocenters. The zero-order valence-corrected chi connectivity index (χ0v) is 18.3. The predicted molar refractivity (Wildman–Crippen MR) is 126 cm³/mol. The van der Waals surface area contributed by atoms with Crippen LogP contribution in [0.3, 0.4) is 0 Å². The number of nitrogens with one attached hydrogen (secondary N) is 1. The molecule has 0 aliphatic carbocycles. The van der Waals surface area contributed by atoms with Crippen molar-refractivity contribution < 1.29 is 14.5 Å². The summed E-state index contributed by atoms with van der Waals surface area (Å²) in [6.45, 7) is 3.94. The van der Waals surface area contributed by atoms with E-state index in [4.69, 9.17) is 0 Å². The maximum absolute atomic E-state index is 12.9. The number of thioether (sulfide) groups is 1. The Hall–Kier alpha value is -3.57. The maximum atomic E-state index is 12.9. The number of carbonyl (C=O) groups is 2. The number of anilines is 1. The SMILES string of the molecule is C=CCN1C(=O)C(CC(=O)Nc2ccccc2[N+](=O)[O-])SC1=Nc1nc2ccccc2s1. The lowest BCUT2D eigenvalue weighted by Gasteiger charge is -2.13. The molecule has 0 saturated carbocycles. The summed E-state index contributed by atoms with van der Waals surface area (Å²) in [5.74, 6) is -0.766. The molecule has 1 aromatic heterocycles. The van der Waals surface area contributed by atoms with Gasteiger partial charge in [-0.05, 0) is 18.2 Å². The van der Waals surface area contributed by atoms with Gasteiger partial charge in [0, 0.05) is 19.0 Å². The summed E-state index contributed by atoms with van der Waals surface area (Å²) in [5.41, 5.74) is 0.698. The number of nitro groups is 1.